The maximum Gasteiger partial charge on any atom is 0.408 e. The van der Waals surface area contributed by atoms with E-state index in [9.17, 15) is 24.5 Å². The third kappa shape index (κ3) is 7.26. The van der Waals surface area contributed by atoms with E-state index >= 15 is 0 Å². The van der Waals surface area contributed by atoms with Crippen LogP contribution in [-0.2, 0) is 20.7 Å². The maximum atomic E-state index is 13.5. The van der Waals surface area contributed by atoms with Crippen molar-refractivity contribution in [3.8, 4) is 0 Å². The monoisotopic (exact) mass is 482 g/mol. The zero-order valence-electron chi connectivity index (χ0n) is 20.0. The summed E-state index contributed by atoms with van der Waals surface area (Å²) in [4.78, 5) is 50.8. The minimum absolute atomic E-state index is 0.0855. The van der Waals surface area contributed by atoms with Gasteiger partial charge in [-0.1, -0.05) is 30.3 Å². The summed E-state index contributed by atoms with van der Waals surface area (Å²) in [6.07, 6.45) is 0.633. The Kier molecular flexibility index (Phi) is 8.06. The molecule has 10 nitrogen and oxygen atoms in total. The second-order valence-corrected chi connectivity index (χ2v) is 9.37. The van der Waals surface area contributed by atoms with E-state index in [-0.39, 0.29) is 23.9 Å². The molecule has 2 aromatic rings. The van der Waals surface area contributed by atoms with E-state index in [4.69, 9.17) is 4.74 Å². The highest BCUT2D eigenvalue weighted by molar-refractivity contribution is 5.98. The summed E-state index contributed by atoms with van der Waals surface area (Å²) in [5, 5.41) is 16.2. The molecule has 0 aromatic heterocycles. The first-order chi connectivity index (χ1) is 16.5. The number of likely N-dealkylation sites (tertiary alicyclic amines) is 1. The molecule has 0 spiro atoms. The van der Waals surface area contributed by atoms with Gasteiger partial charge in [0.15, 0.2) is 0 Å². The van der Waals surface area contributed by atoms with Gasteiger partial charge >= 0.3 is 6.09 Å². The number of non-ortho nitro benzene ring substituents is 1. The molecule has 0 bridgehead atoms. The first kappa shape index (κ1) is 25.7. The summed E-state index contributed by atoms with van der Waals surface area (Å²) in [6.45, 7) is 5.58. The SMILES string of the molecule is CC(C)(C)OC(=O)N[C@@H](Cc1ccccc1)C(=O)N1CCC[C@H]1C(=O)Nc1ccc([N+](=O)[O-])cc1. The van der Waals surface area contributed by atoms with E-state index < -0.39 is 28.7 Å². The van der Waals surface area contributed by atoms with Gasteiger partial charge in [0.2, 0.25) is 11.8 Å². The molecule has 1 saturated heterocycles. The van der Waals surface area contributed by atoms with Gasteiger partial charge in [0.25, 0.3) is 5.69 Å². The number of carbonyl (C=O) groups is 3. The number of nitrogens with zero attached hydrogens (tertiary/aromatic N) is 2. The second kappa shape index (κ2) is 11.0. The zero-order valence-corrected chi connectivity index (χ0v) is 20.0. The molecule has 3 rings (SSSR count). The largest absolute Gasteiger partial charge is 0.444 e. The van der Waals surface area contributed by atoms with Gasteiger partial charge in [-0.25, -0.2) is 4.79 Å². The number of carbonyl (C=O) groups excluding carboxylic acids is 3. The Morgan fingerprint density at radius 3 is 2.37 bits per heavy atom. The highest BCUT2D eigenvalue weighted by atomic mass is 16.6. The van der Waals surface area contributed by atoms with Crippen molar-refractivity contribution in [3.63, 3.8) is 0 Å². The van der Waals surface area contributed by atoms with Crippen molar-refractivity contribution in [1.29, 1.82) is 0 Å². The fraction of sp³-hybridized carbons (Fsp3) is 0.400. The topological polar surface area (TPSA) is 131 Å². The second-order valence-electron chi connectivity index (χ2n) is 9.37. The van der Waals surface area contributed by atoms with Crippen LogP contribution in [0.5, 0.6) is 0 Å². The van der Waals surface area contributed by atoms with Gasteiger partial charge in [-0.2, -0.15) is 0 Å². The van der Waals surface area contributed by atoms with Crippen LogP contribution in [0.4, 0.5) is 16.2 Å². The minimum atomic E-state index is -0.917. The minimum Gasteiger partial charge on any atom is -0.444 e. The summed E-state index contributed by atoms with van der Waals surface area (Å²) in [5.41, 5.74) is 0.434. The molecule has 0 unspecified atom stereocenters. The van der Waals surface area contributed by atoms with Crippen molar-refractivity contribution in [3.05, 3.63) is 70.3 Å². The van der Waals surface area contributed by atoms with Crippen molar-refractivity contribution >= 4 is 29.3 Å². The average molecular weight is 483 g/mol. The molecule has 35 heavy (non-hydrogen) atoms. The summed E-state index contributed by atoms with van der Waals surface area (Å²) in [5.74, 6) is -0.763. The number of ether oxygens (including phenoxy) is 1. The first-order valence-electron chi connectivity index (χ1n) is 11.4. The van der Waals surface area contributed by atoms with Crippen LogP contribution >= 0.6 is 0 Å². The number of amides is 3. The molecule has 0 radical (unpaired) electrons. The fourth-order valence-corrected chi connectivity index (χ4v) is 3.89. The van der Waals surface area contributed by atoms with Gasteiger partial charge in [-0.15, -0.1) is 0 Å². The number of anilines is 1. The molecule has 1 heterocycles. The normalized spacial score (nSPS) is 16.3. The van der Waals surface area contributed by atoms with Gasteiger partial charge < -0.3 is 20.3 Å². The molecule has 1 aliphatic heterocycles. The van der Waals surface area contributed by atoms with Crippen LogP contribution in [0.3, 0.4) is 0 Å². The molecule has 186 valence electrons. The van der Waals surface area contributed by atoms with Crippen molar-refractivity contribution in [1.82, 2.24) is 10.2 Å². The third-order valence-electron chi connectivity index (χ3n) is 5.46. The Balaban J connectivity index is 1.74. The Morgan fingerprint density at radius 1 is 1.11 bits per heavy atom. The molecule has 2 atom stereocenters. The summed E-state index contributed by atoms with van der Waals surface area (Å²) >= 11 is 0. The molecule has 0 saturated carbocycles. The average Bonchev–Trinajstić information content (AvgIpc) is 3.28. The van der Waals surface area contributed by atoms with Crippen LogP contribution in [-0.4, -0.2) is 52.0 Å². The van der Waals surface area contributed by atoms with Gasteiger partial charge in [0.1, 0.15) is 17.7 Å². The summed E-state index contributed by atoms with van der Waals surface area (Å²) in [6, 6.07) is 13.1. The summed E-state index contributed by atoms with van der Waals surface area (Å²) < 4.78 is 5.35. The number of benzene rings is 2. The Morgan fingerprint density at radius 2 is 1.77 bits per heavy atom. The maximum absolute atomic E-state index is 13.5. The van der Waals surface area contributed by atoms with Crippen molar-refractivity contribution in [2.75, 3.05) is 11.9 Å². The Labute approximate surface area is 203 Å². The molecule has 3 amide bonds. The lowest BCUT2D eigenvalue weighted by atomic mass is 10.0. The van der Waals surface area contributed by atoms with Gasteiger partial charge in [-0.05, 0) is 51.3 Å². The lowest BCUT2D eigenvalue weighted by Crippen LogP contribution is -2.54. The third-order valence-corrected chi connectivity index (χ3v) is 5.46. The quantitative estimate of drug-likeness (QED) is 0.457. The first-order valence-corrected chi connectivity index (χ1v) is 11.4. The predicted molar refractivity (Wildman–Crippen MR) is 130 cm³/mol. The predicted octanol–water partition coefficient (Wildman–Crippen LogP) is 3.66. The molecule has 0 aliphatic carbocycles. The fourth-order valence-electron chi connectivity index (χ4n) is 3.89. The molecular weight excluding hydrogens is 452 g/mol. The van der Waals surface area contributed by atoms with E-state index in [1.165, 1.54) is 29.2 Å². The van der Waals surface area contributed by atoms with Crippen LogP contribution in [0.25, 0.3) is 0 Å². The van der Waals surface area contributed by atoms with Crippen LogP contribution in [0.15, 0.2) is 54.6 Å². The van der Waals surface area contributed by atoms with Crippen molar-refractivity contribution in [2.24, 2.45) is 0 Å². The van der Waals surface area contributed by atoms with Crippen LogP contribution in [0.1, 0.15) is 39.2 Å². The molecular formula is C25H30N4O6. The Bertz CT molecular complexity index is 1070. The highest BCUT2D eigenvalue weighted by Crippen LogP contribution is 2.22. The standard InChI is InChI=1S/C25H30N4O6/c1-25(2,3)35-24(32)27-20(16-17-8-5-4-6-9-17)23(31)28-15-7-10-21(28)22(30)26-18-11-13-19(14-12-18)29(33)34/h4-6,8-9,11-14,20-21H,7,10,15-16H2,1-3H3,(H,26,30)(H,27,32)/t20-,21-/m0/s1. The molecule has 2 N–H and O–H groups in total. The van der Waals surface area contributed by atoms with E-state index in [0.717, 1.165) is 5.56 Å². The number of rotatable bonds is 7. The number of alkyl carbamates (subject to hydrolysis) is 1. The zero-order chi connectivity index (χ0) is 25.6. The summed E-state index contributed by atoms with van der Waals surface area (Å²) in [7, 11) is 0. The Hall–Kier alpha value is -3.95. The van der Waals surface area contributed by atoms with E-state index in [1.54, 1.807) is 20.8 Å². The number of hydrogen-bond donors (Lipinski definition) is 2. The van der Waals surface area contributed by atoms with Crippen molar-refractivity contribution < 1.29 is 24.0 Å². The molecule has 2 aromatic carbocycles. The van der Waals surface area contributed by atoms with Crippen LogP contribution in [0.2, 0.25) is 0 Å². The van der Waals surface area contributed by atoms with E-state index in [0.29, 0.717) is 25.1 Å². The molecule has 1 fully saturated rings. The lowest BCUT2D eigenvalue weighted by molar-refractivity contribution is -0.384. The highest BCUT2D eigenvalue weighted by Gasteiger charge is 2.38. The number of nitro groups is 1. The van der Waals surface area contributed by atoms with Crippen LogP contribution < -0.4 is 10.6 Å². The van der Waals surface area contributed by atoms with Crippen LogP contribution in [0, 0.1) is 10.1 Å². The van der Waals surface area contributed by atoms with E-state index in [2.05, 4.69) is 10.6 Å². The lowest BCUT2D eigenvalue weighted by Gasteiger charge is -2.29. The number of nitro benzene ring substituents is 1. The molecule has 1 aliphatic rings. The molecule has 10 heteroatoms. The number of hydrogen-bond acceptors (Lipinski definition) is 6. The smallest absolute Gasteiger partial charge is 0.408 e. The van der Waals surface area contributed by atoms with E-state index in [1.807, 2.05) is 30.3 Å². The van der Waals surface area contributed by atoms with Gasteiger partial charge in [0, 0.05) is 30.8 Å². The van der Waals surface area contributed by atoms with Gasteiger partial charge in [-0.3, -0.25) is 19.7 Å². The number of nitrogens with one attached hydrogen (secondary N) is 2. The van der Waals surface area contributed by atoms with Crippen molar-refractivity contribution in [2.45, 2.75) is 57.7 Å². The van der Waals surface area contributed by atoms with Gasteiger partial charge in [0.05, 0.1) is 4.92 Å².